The van der Waals surface area contributed by atoms with E-state index in [4.69, 9.17) is 0 Å². The van der Waals surface area contributed by atoms with Gasteiger partial charge in [0.05, 0.1) is 0 Å². The molecule has 1 atom stereocenters. The van der Waals surface area contributed by atoms with Gasteiger partial charge in [-0.25, -0.2) is 0 Å². The van der Waals surface area contributed by atoms with Crippen LogP contribution < -0.4 is 10.6 Å². The zero-order valence-electron chi connectivity index (χ0n) is 13.2. The second kappa shape index (κ2) is 8.22. The summed E-state index contributed by atoms with van der Waals surface area (Å²) in [7, 11) is 0. The summed E-state index contributed by atoms with van der Waals surface area (Å²) in [6.45, 7) is 2.64. The number of hydrogen-bond donors (Lipinski definition) is 2. The third-order valence-corrected chi connectivity index (χ3v) is 5.27. The summed E-state index contributed by atoms with van der Waals surface area (Å²) in [5.41, 5.74) is 2.37. The van der Waals surface area contributed by atoms with Crippen LogP contribution in [0.3, 0.4) is 0 Å². The van der Waals surface area contributed by atoms with E-state index in [-0.39, 0.29) is 11.8 Å². The number of nitrogens with one attached hydrogen (secondary N) is 2. The van der Waals surface area contributed by atoms with Gasteiger partial charge in [0.15, 0.2) is 0 Å². The van der Waals surface area contributed by atoms with Crippen LogP contribution in [0.15, 0.2) is 41.4 Å². The van der Waals surface area contributed by atoms with Gasteiger partial charge in [-0.05, 0) is 78.4 Å². The van der Waals surface area contributed by atoms with Gasteiger partial charge in [0.1, 0.15) is 0 Å². The molecule has 5 heteroatoms. The Morgan fingerprint density at radius 1 is 1.26 bits per heavy atom. The van der Waals surface area contributed by atoms with Crippen LogP contribution in [0.1, 0.15) is 24.0 Å². The number of piperidine rings is 1. The Morgan fingerprint density at radius 2 is 2.04 bits per heavy atom. The van der Waals surface area contributed by atoms with Gasteiger partial charge >= 0.3 is 0 Å². The first-order chi connectivity index (χ1) is 11.3. The highest BCUT2D eigenvalue weighted by molar-refractivity contribution is 7.07. The lowest BCUT2D eigenvalue weighted by atomic mass is 9.80. The minimum Gasteiger partial charge on any atom is -0.352 e. The molecule has 0 aliphatic carbocycles. The number of amides is 1. The van der Waals surface area contributed by atoms with Crippen molar-refractivity contribution in [3.8, 4) is 0 Å². The molecule has 2 aromatic rings. The van der Waals surface area contributed by atoms with Crippen LogP contribution in [0.2, 0.25) is 0 Å². The second-order valence-electron chi connectivity index (χ2n) is 6.10. The number of pyridine rings is 1. The summed E-state index contributed by atoms with van der Waals surface area (Å²) >= 11 is 1.66. The summed E-state index contributed by atoms with van der Waals surface area (Å²) in [4.78, 5) is 16.9. The lowest BCUT2D eigenvalue weighted by Gasteiger charge is -2.30. The average Bonchev–Trinajstić information content (AvgIpc) is 3.13. The smallest absolute Gasteiger partial charge is 0.223 e. The van der Waals surface area contributed by atoms with Crippen molar-refractivity contribution in [3.63, 3.8) is 0 Å². The first-order valence-electron chi connectivity index (χ1n) is 8.21. The molecule has 4 nitrogen and oxygen atoms in total. The minimum atomic E-state index is 0.0399. The summed E-state index contributed by atoms with van der Waals surface area (Å²) in [5, 5.41) is 10.7. The maximum absolute atomic E-state index is 12.8. The van der Waals surface area contributed by atoms with Crippen molar-refractivity contribution >= 4 is 17.2 Å². The van der Waals surface area contributed by atoms with Crippen LogP contribution in [-0.2, 0) is 17.8 Å². The summed E-state index contributed by atoms with van der Waals surface area (Å²) in [5.74, 6) is 0.671. The van der Waals surface area contributed by atoms with Gasteiger partial charge in [0.2, 0.25) is 5.91 Å². The van der Waals surface area contributed by atoms with Crippen molar-refractivity contribution in [2.45, 2.75) is 25.8 Å². The molecule has 3 rings (SSSR count). The molecule has 0 aromatic carbocycles. The molecule has 3 heterocycles. The predicted octanol–water partition coefficient (Wildman–Crippen LogP) is 2.62. The van der Waals surface area contributed by atoms with E-state index in [9.17, 15) is 4.79 Å². The molecular formula is C18H23N3OS. The summed E-state index contributed by atoms with van der Waals surface area (Å²) in [6.07, 6.45) is 6.54. The third-order valence-electron chi connectivity index (χ3n) is 4.54. The summed E-state index contributed by atoms with van der Waals surface area (Å²) < 4.78 is 0. The van der Waals surface area contributed by atoms with Crippen LogP contribution in [0, 0.1) is 11.8 Å². The van der Waals surface area contributed by atoms with Crippen LogP contribution in [0.4, 0.5) is 0 Å². The average molecular weight is 329 g/mol. The highest BCUT2D eigenvalue weighted by atomic mass is 32.1. The number of carbonyl (C=O) groups is 1. The van der Waals surface area contributed by atoms with Crippen molar-refractivity contribution in [2.75, 3.05) is 13.1 Å². The van der Waals surface area contributed by atoms with E-state index in [2.05, 4.69) is 27.1 Å². The fraction of sp³-hybridized carbons (Fsp3) is 0.444. The Balaban J connectivity index is 1.66. The van der Waals surface area contributed by atoms with Crippen LogP contribution in [0.5, 0.6) is 0 Å². The minimum absolute atomic E-state index is 0.0399. The standard InChI is InChI=1S/C18H23N3OS/c22-18(21-12-15-5-10-23-13-15)17(16-3-8-20-9-4-16)11-14-1-6-19-7-2-14/h1-2,5-7,10,13,16-17,20H,3-4,8-9,11-12H2,(H,21,22). The number of rotatable bonds is 6. The molecule has 2 aromatic heterocycles. The van der Waals surface area contributed by atoms with Crippen molar-refractivity contribution in [1.29, 1.82) is 0 Å². The maximum atomic E-state index is 12.8. The Bertz CT molecular complexity index is 594. The number of hydrogen-bond acceptors (Lipinski definition) is 4. The Morgan fingerprint density at radius 3 is 2.74 bits per heavy atom. The molecule has 1 aliphatic heterocycles. The van der Waals surface area contributed by atoms with E-state index in [1.165, 1.54) is 11.1 Å². The number of thiophene rings is 1. The molecule has 2 N–H and O–H groups in total. The lowest BCUT2D eigenvalue weighted by Crippen LogP contribution is -2.40. The van der Waals surface area contributed by atoms with Gasteiger partial charge < -0.3 is 10.6 Å². The molecule has 1 amide bonds. The van der Waals surface area contributed by atoms with Gasteiger partial charge in [0.25, 0.3) is 0 Å². The molecule has 1 fully saturated rings. The first kappa shape index (κ1) is 16.1. The van der Waals surface area contributed by atoms with E-state index >= 15 is 0 Å². The monoisotopic (exact) mass is 329 g/mol. The van der Waals surface area contributed by atoms with E-state index in [0.29, 0.717) is 12.5 Å². The molecule has 1 unspecified atom stereocenters. The maximum Gasteiger partial charge on any atom is 0.223 e. The van der Waals surface area contributed by atoms with Crippen molar-refractivity contribution in [1.82, 2.24) is 15.6 Å². The van der Waals surface area contributed by atoms with Crippen molar-refractivity contribution in [2.24, 2.45) is 11.8 Å². The lowest BCUT2D eigenvalue weighted by molar-refractivity contribution is -0.127. The van der Waals surface area contributed by atoms with Gasteiger partial charge in [-0.3, -0.25) is 9.78 Å². The zero-order chi connectivity index (χ0) is 15.9. The zero-order valence-corrected chi connectivity index (χ0v) is 14.0. The fourth-order valence-corrected chi connectivity index (χ4v) is 3.87. The van der Waals surface area contributed by atoms with Gasteiger partial charge in [0, 0.05) is 24.9 Å². The molecule has 1 saturated heterocycles. The van der Waals surface area contributed by atoms with E-state index < -0.39 is 0 Å². The predicted molar refractivity (Wildman–Crippen MR) is 93.2 cm³/mol. The Kier molecular flexibility index (Phi) is 5.77. The van der Waals surface area contributed by atoms with Crippen LogP contribution >= 0.6 is 11.3 Å². The third kappa shape index (κ3) is 4.62. The van der Waals surface area contributed by atoms with E-state index in [0.717, 1.165) is 32.4 Å². The SMILES string of the molecule is O=C(NCc1ccsc1)C(Cc1ccncc1)C1CCNCC1. The fourth-order valence-electron chi connectivity index (χ4n) is 3.21. The number of aromatic nitrogens is 1. The normalized spacial score (nSPS) is 16.9. The van der Waals surface area contributed by atoms with Crippen LogP contribution in [-0.4, -0.2) is 24.0 Å². The van der Waals surface area contributed by atoms with E-state index in [1.807, 2.05) is 17.5 Å². The molecule has 122 valence electrons. The molecule has 1 aliphatic rings. The van der Waals surface area contributed by atoms with Gasteiger partial charge in [-0.2, -0.15) is 11.3 Å². The quantitative estimate of drug-likeness (QED) is 0.856. The summed E-state index contributed by atoms with van der Waals surface area (Å²) in [6, 6.07) is 6.09. The van der Waals surface area contributed by atoms with Gasteiger partial charge in [-0.1, -0.05) is 0 Å². The molecule has 23 heavy (non-hydrogen) atoms. The van der Waals surface area contributed by atoms with Gasteiger partial charge in [-0.15, -0.1) is 0 Å². The first-order valence-corrected chi connectivity index (χ1v) is 9.15. The van der Waals surface area contributed by atoms with Crippen molar-refractivity contribution in [3.05, 3.63) is 52.5 Å². The topological polar surface area (TPSA) is 54.0 Å². The second-order valence-corrected chi connectivity index (χ2v) is 6.88. The molecule has 0 bridgehead atoms. The molecular weight excluding hydrogens is 306 g/mol. The Hall–Kier alpha value is -1.72. The molecule has 0 radical (unpaired) electrons. The molecule has 0 spiro atoms. The highest BCUT2D eigenvalue weighted by Gasteiger charge is 2.29. The van der Waals surface area contributed by atoms with Crippen LogP contribution in [0.25, 0.3) is 0 Å². The van der Waals surface area contributed by atoms with E-state index in [1.54, 1.807) is 23.7 Å². The van der Waals surface area contributed by atoms with Crippen molar-refractivity contribution < 1.29 is 4.79 Å². The number of nitrogens with zero attached hydrogens (tertiary/aromatic N) is 1. The molecule has 0 saturated carbocycles. The largest absolute Gasteiger partial charge is 0.352 e. The Labute approximate surface area is 141 Å². The number of carbonyl (C=O) groups excluding carboxylic acids is 1. The highest BCUT2D eigenvalue weighted by Crippen LogP contribution is 2.26.